The van der Waals surface area contributed by atoms with Crippen molar-refractivity contribution in [2.45, 2.75) is 17.8 Å². The van der Waals surface area contributed by atoms with E-state index in [1.807, 2.05) is 60.7 Å². The fraction of sp³-hybridized carbons (Fsp3) is 0.400. The molecular formula is C25H30N2O8. The quantitative estimate of drug-likeness (QED) is 0.294. The van der Waals surface area contributed by atoms with Gasteiger partial charge in [-0.2, -0.15) is 0 Å². The second-order valence-electron chi connectivity index (χ2n) is 8.84. The lowest BCUT2D eigenvalue weighted by Gasteiger charge is -2.32. The Hall–Kier alpha value is -3.31. The molecule has 2 aromatic carbocycles. The zero-order chi connectivity index (χ0) is 25.8. The number of piperidine rings is 1. The summed E-state index contributed by atoms with van der Waals surface area (Å²) in [5.41, 5.74) is -0.439. The molecule has 5 atom stereocenters. The molecule has 2 fully saturated rings. The standard InChI is InChI=1S/C21H24N2O2.C4H6O6/c1-23(14-19-17-12-22-13-18(17)19)20(24)21(25,15-8-4-2-5-9-15)16-10-6-3-7-11-16;5-1(3(7)8)2(6)4(9)10/h2-11,17-19,22,25H,12-14H2,1H3;1-2,5-6H,(H,7,8)(H,9,10)/t17-,18+,19?;. The monoisotopic (exact) mass is 486 g/mol. The van der Waals surface area contributed by atoms with Crippen molar-refractivity contribution in [1.29, 1.82) is 0 Å². The minimum atomic E-state index is -2.27. The van der Waals surface area contributed by atoms with Crippen LogP contribution in [0.4, 0.5) is 0 Å². The summed E-state index contributed by atoms with van der Waals surface area (Å²) in [6.07, 6.45) is -4.53. The molecule has 1 heterocycles. The smallest absolute Gasteiger partial charge is 0.335 e. The van der Waals surface area contributed by atoms with Gasteiger partial charge in [0.05, 0.1) is 0 Å². The molecule has 6 N–H and O–H groups in total. The topological polar surface area (TPSA) is 168 Å². The van der Waals surface area contributed by atoms with Gasteiger partial charge in [-0.25, -0.2) is 9.59 Å². The average molecular weight is 487 g/mol. The normalized spacial score (nSPS) is 22.1. The summed E-state index contributed by atoms with van der Waals surface area (Å²) in [7, 11) is 1.81. The molecule has 10 nitrogen and oxygen atoms in total. The van der Waals surface area contributed by atoms with Crippen LogP contribution in [0, 0.1) is 17.8 Å². The Balaban J connectivity index is 0.000000292. The van der Waals surface area contributed by atoms with E-state index in [9.17, 15) is 19.5 Å². The van der Waals surface area contributed by atoms with Gasteiger partial charge in [-0.15, -0.1) is 0 Å². The van der Waals surface area contributed by atoms with Crippen LogP contribution in [0.1, 0.15) is 11.1 Å². The number of aliphatic carboxylic acids is 2. The van der Waals surface area contributed by atoms with Crippen molar-refractivity contribution in [3.8, 4) is 0 Å². The molecule has 0 bridgehead atoms. The van der Waals surface area contributed by atoms with Crippen molar-refractivity contribution >= 4 is 17.8 Å². The second-order valence-corrected chi connectivity index (χ2v) is 8.84. The molecule has 2 aromatic rings. The first-order valence-electron chi connectivity index (χ1n) is 11.2. The van der Waals surface area contributed by atoms with E-state index < -0.39 is 29.7 Å². The molecule has 0 aromatic heterocycles. The van der Waals surface area contributed by atoms with Gasteiger partial charge in [0.1, 0.15) is 0 Å². The number of aliphatic hydroxyl groups is 3. The van der Waals surface area contributed by atoms with Gasteiger partial charge in [0.15, 0.2) is 17.8 Å². The highest BCUT2D eigenvalue weighted by Gasteiger charge is 2.54. The molecule has 1 aliphatic carbocycles. The molecule has 1 saturated heterocycles. The SMILES string of the molecule is CN(CC1[C@H]2CNC[C@@H]12)C(=O)C(O)(c1ccccc1)c1ccccc1.O=C(O)C(O)C(O)C(=O)O. The molecule has 35 heavy (non-hydrogen) atoms. The van der Waals surface area contributed by atoms with Crippen molar-refractivity contribution < 1.29 is 39.9 Å². The molecule has 1 amide bonds. The lowest BCUT2D eigenvalue weighted by molar-refractivity contribution is -0.165. The number of likely N-dealkylation sites (N-methyl/N-ethyl adjacent to an activating group) is 1. The fourth-order valence-corrected chi connectivity index (χ4v) is 4.54. The highest BCUT2D eigenvalue weighted by atomic mass is 16.4. The number of hydrogen-bond acceptors (Lipinski definition) is 7. The minimum Gasteiger partial charge on any atom is -0.479 e. The van der Waals surface area contributed by atoms with Gasteiger partial charge in [-0.05, 0) is 42.0 Å². The third-order valence-electron chi connectivity index (χ3n) is 6.60. The average Bonchev–Trinajstić information content (AvgIpc) is 3.27. The number of nitrogens with one attached hydrogen (secondary N) is 1. The fourth-order valence-electron chi connectivity index (χ4n) is 4.54. The molecule has 1 saturated carbocycles. The van der Waals surface area contributed by atoms with Gasteiger partial charge in [0.25, 0.3) is 5.91 Å². The van der Waals surface area contributed by atoms with Crippen LogP contribution < -0.4 is 5.32 Å². The Labute approximate surface area is 202 Å². The summed E-state index contributed by atoms with van der Waals surface area (Å²) >= 11 is 0. The van der Waals surface area contributed by atoms with E-state index in [4.69, 9.17) is 20.4 Å². The third-order valence-corrected chi connectivity index (χ3v) is 6.60. The Morgan fingerprint density at radius 1 is 0.886 bits per heavy atom. The molecule has 188 valence electrons. The maximum Gasteiger partial charge on any atom is 0.335 e. The number of fused-ring (bicyclic) bond motifs is 1. The van der Waals surface area contributed by atoms with Crippen LogP contribution in [0.15, 0.2) is 60.7 Å². The number of rotatable bonds is 8. The van der Waals surface area contributed by atoms with Crippen molar-refractivity contribution in [3.05, 3.63) is 71.8 Å². The summed E-state index contributed by atoms with van der Waals surface area (Å²) in [4.78, 5) is 34.6. The number of benzene rings is 2. The predicted octanol–water partition coefficient (Wildman–Crippen LogP) is -0.276. The van der Waals surface area contributed by atoms with Gasteiger partial charge >= 0.3 is 11.9 Å². The maximum absolute atomic E-state index is 13.3. The molecule has 1 aliphatic heterocycles. The highest BCUT2D eigenvalue weighted by Crippen LogP contribution is 2.49. The Morgan fingerprint density at radius 2 is 1.29 bits per heavy atom. The zero-order valence-electron chi connectivity index (χ0n) is 19.2. The van der Waals surface area contributed by atoms with Gasteiger partial charge in [0.2, 0.25) is 0 Å². The van der Waals surface area contributed by atoms with Crippen molar-refractivity contribution in [2.24, 2.45) is 17.8 Å². The number of amides is 1. The first kappa shape index (κ1) is 26.3. The summed E-state index contributed by atoms with van der Waals surface area (Å²) in [6, 6.07) is 18.5. The Kier molecular flexibility index (Phi) is 8.23. The highest BCUT2D eigenvalue weighted by molar-refractivity contribution is 5.90. The summed E-state index contributed by atoms with van der Waals surface area (Å²) in [6.45, 7) is 2.82. The van der Waals surface area contributed by atoms with Crippen LogP contribution in [-0.4, -0.2) is 87.2 Å². The van der Waals surface area contributed by atoms with Gasteiger partial charge in [-0.3, -0.25) is 4.79 Å². The molecule has 4 rings (SSSR count). The molecule has 3 unspecified atom stereocenters. The number of aliphatic hydroxyl groups excluding tert-OH is 2. The van der Waals surface area contributed by atoms with E-state index in [-0.39, 0.29) is 5.91 Å². The molecular weight excluding hydrogens is 456 g/mol. The van der Waals surface area contributed by atoms with Crippen LogP contribution in [0.3, 0.4) is 0 Å². The van der Waals surface area contributed by atoms with Gasteiger partial charge in [0, 0.05) is 13.6 Å². The van der Waals surface area contributed by atoms with E-state index in [0.29, 0.717) is 35.4 Å². The first-order valence-corrected chi connectivity index (χ1v) is 11.2. The maximum atomic E-state index is 13.3. The molecule has 0 radical (unpaired) electrons. The number of carbonyl (C=O) groups is 3. The Morgan fingerprint density at radius 3 is 1.66 bits per heavy atom. The zero-order valence-corrected chi connectivity index (χ0v) is 19.2. The lowest BCUT2D eigenvalue weighted by Crippen LogP contribution is -2.47. The summed E-state index contributed by atoms with van der Waals surface area (Å²) in [5, 5.41) is 47.4. The molecule has 10 heteroatoms. The van der Waals surface area contributed by atoms with E-state index in [1.165, 1.54) is 0 Å². The number of nitrogens with zero attached hydrogens (tertiary/aromatic N) is 1. The van der Waals surface area contributed by atoms with Gasteiger partial charge in [-0.1, -0.05) is 60.7 Å². The van der Waals surface area contributed by atoms with Crippen molar-refractivity contribution in [1.82, 2.24) is 10.2 Å². The van der Waals surface area contributed by atoms with Gasteiger partial charge < -0.3 is 35.7 Å². The Bertz CT molecular complexity index is 965. The predicted molar refractivity (Wildman–Crippen MR) is 124 cm³/mol. The van der Waals surface area contributed by atoms with E-state index in [2.05, 4.69) is 5.32 Å². The molecule has 2 aliphatic rings. The van der Waals surface area contributed by atoms with Crippen molar-refractivity contribution in [2.75, 3.05) is 26.7 Å². The van der Waals surface area contributed by atoms with Crippen molar-refractivity contribution in [3.63, 3.8) is 0 Å². The second kappa shape index (κ2) is 11.0. The van der Waals surface area contributed by atoms with Crippen LogP contribution >= 0.6 is 0 Å². The summed E-state index contributed by atoms with van der Waals surface area (Å²) in [5.74, 6) is -1.85. The number of hydrogen-bond donors (Lipinski definition) is 6. The number of carbonyl (C=O) groups excluding carboxylic acids is 1. The minimum absolute atomic E-state index is 0.261. The lowest BCUT2D eigenvalue weighted by atomic mass is 9.85. The first-order chi connectivity index (χ1) is 16.6. The van der Waals surface area contributed by atoms with Crippen LogP contribution in [-0.2, 0) is 20.0 Å². The third kappa shape index (κ3) is 5.68. The van der Waals surface area contributed by atoms with E-state index in [0.717, 1.165) is 13.1 Å². The van der Waals surface area contributed by atoms with Crippen LogP contribution in [0.2, 0.25) is 0 Å². The number of carboxylic acids is 2. The van der Waals surface area contributed by atoms with Crippen LogP contribution in [0.25, 0.3) is 0 Å². The molecule has 0 spiro atoms. The van der Waals surface area contributed by atoms with E-state index in [1.54, 1.807) is 11.9 Å². The summed E-state index contributed by atoms with van der Waals surface area (Å²) < 4.78 is 0. The number of carboxylic acid groups (broad SMARTS) is 2. The van der Waals surface area contributed by atoms with E-state index >= 15 is 0 Å². The van der Waals surface area contributed by atoms with Crippen LogP contribution in [0.5, 0.6) is 0 Å². The largest absolute Gasteiger partial charge is 0.479 e.